The summed E-state index contributed by atoms with van der Waals surface area (Å²) in [5, 5.41) is 2.79. The molecule has 3 rings (SSSR count). The maximum Gasteiger partial charge on any atom is 0.243 e. The molecular weight excluding hydrogens is 430 g/mol. The lowest BCUT2D eigenvalue weighted by atomic mass is 10.1. The predicted molar refractivity (Wildman–Crippen MR) is 123 cm³/mol. The first kappa shape index (κ1) is 23.7. The Morgan fingerprint density at radius 2 is 1.69 bits per heavy atom. The lowest BCUT2D eigenvalue weighted by Gasteiger charge is -2.19. The van der Waals surface area contributed by atoms with Crippen LogP contribution < -0.4 is 15.0 Å². The lowest BCUT2D eigenvalue weighted by Crippen LogP contribution is -2.30. The molecular formula is C23H29N3O5S. The Morgan fingerprint density at radius 1 is 1.06 bits per heavy atom. The summed E-state index contributed by atoms with van der Waals surface area (Å²) in [6, 6.07) is 13.3. The summed E-state index contributed by atoms with van der Waals surface area (Å²) in [5.74, 6) is -0.155. The Labute approximate surface area is 189 Å². The highest BCUT2D eigenvalue weighted by atomic mass is 32.2. The van der Waals surface area contributed by atoms with E-state index in [9.17, 15) is 18.0 Å². The van der Waals surface area contributed by atoms with Crippen LogP contribution in [-0.4, -0.2) is 50.8 Å². The fraction of sp³-hybridized carbons (Fsp3) is 0.391. The normalized spacial score (nSPS) is 16.4. The molecule has 1 aliphatic heterocycles. The molecule has 32 heavy (non-hydrogen) atoms. The van der Waals surface area contributed by atoms with Gasteiger partial charge in [-0.1, -0.05) is 13.8 Å². The molecule has 2 aromatic rings. The largest absolute Gasteiger partial charge is 0.494 e. The van der Waals surface area contributed by atoms with Gasteiger partial charge in [-0.3, -0.25) is 9.59 Å². The molecule has 1 fully saturated rings. The molecule has 0 unspecified atom stereocenters. The van der Waals surface area contributed by atoms with E-state index in [4.69, 9.17) is 4.74 Å². The summed E-state index contributed by atoms with van der Waals surface area (Å²) in [7, 11) is -3.55. The highest BCUT2D eigenvalue weighted by Gasteiger charge is 2.35. The minimum absolute atomic E-state index is 0.116. The van der Waals surface area contributed by atoms with Crippen LogP contribution in [0.3, 0.4) is 0 Å². The smallest absolute Gasteiger partial charge is 0.243 e. The first-order valence-electron chi connectivity index (χ1n) is 10.7. The van der Waals surface area contributed by atoms with Crippen molar-refractivity contribution in [2.24, 2.45) is 5.92 Å². The average Bonchev–Trinajstić information content (AvgIpc) is 3.17. The minimum Gasteiger partial charge on any atom is -0.494 e. The molecule has 0 aliphatic carbocycles. The Bertz CT molecular complexity index is 1050. The van der Waals surface area contributed by atoms with E-state index in [0.29, 0.717) is 25.4 Å². The first-order chi connectivity index (χ1) is 15.3. The SMILES string of the molecule is CCOc1ccc(N2C[C@H](C(=O)Nc3ccc(S(=O)(=O)N(CC)CC)cc3)CC2=O)cc1. The van der Waals surface area contributed by atoms with Gasteiger partial charge in [0.25, 0.3) is 0 Å². The number of hydrogen-bond donors (Lipinski definition) is 1. The summed E-state index contributed by atoms with van der Waals surface area (Å²) < 4.78 is 32.0. The monoisotopic (exact) mass is 459 g/mol. The maximum absolute atomic E-state index is 12.7. The van der Waals surface area contributed by atoms with Crippen LogP contribution in [0, 0.1) is 5.92 Å². The van der Waals surface area contributed by atoms with Crippen molar-refractivity contribution in [1.29, 1.82) is 0 Å². The molecule has 172 valence electrons. The van der Waals surface area contributed by atoms with Gasteiger partial charge >= 0.3 is 0 Å². The first-order valence-corrected chi connectivity index (χ1v) is 12.2. The number of carbonyl (C=O) groups excluding carboxylic acids is 2. The number of hydrogen-bond acceptors (Lipinski definition) is 5. The van der Waals surface area contributed by atoms with E-state index < -0.39 is 15.9 Å². The molecule has 8 nitrogen and oxygen atoms in total. The van der Waals surface area contributed by atoms with Gasteiger partial charge in [-0.2, -0.15) is 4.31 Å². The Hall–Kier alpha value is -2.91. The van der Waals surface area contributed by atoms with Gasteiger partial charge in [0.15, 0.2) is 0 Å². The van der Waals surface area contributed by atoms with E-state index in [2.05, 4.69) is 5.32 Å². The zero-order valence-corrected chi connectivity index (χ0v) is 19.4. The van der Waals surface area contributed by atoms with Crippen molar-refractivity contribution < 1.29 is 22.7 Å². The van der Waals surface area contributed by atoms with Gasteiger partial charge in [-0.25, -0.2) is 8.42 Å². The van der Waals surface area contributed by atoms with Gasteiger partial charge in [-0.05, 0) is 55.5 Å². The van der Waals surface area contributed by atoms with Crippen LogP contribution in [0.15, 0.2) is 53.4 Å². The van der Waals surface area contributed by atoms with Crippen LogP contribution in [0.4, 0.5) is 11.4 Å². The van der Waals surface area contributed by atoms with Crippen LogP contribution in [-0.2, 0) is 19.6 Å². The van der Waals surface area contributed by atoms with Crippen molar-refractivity contribution in [1.82, 2.24) is 4.31 Å². The fourth-order valence-electron chi connectivity index (χ4n) is 3.69. The molecule has 9 heteroatoms. The molecule has 0 spiro atoms. The number of rotatable bonds is 9. The topological polar surface area (TPSA) is 96.0 Å². The third-order valence-corrected chi connectivity index (χ3v) is 7.48. The Morgan fingerprint density at radius 3 is 2.25 bits per heavy atom. The Kier molecular flexibility index (Phi) is 7.52. The molecule has 2 aromatic carbocycles. The molecule has 2 amide bonds. The van der Waals surface area contributed by atoms with Crippen LogP contribution in [0.2, 0.25) is 0 Å². The highest BCUT2D eigenvalue weighted by molar-refractivity contribution is 7.89. The van der Waals surface area contributed by atoms with Gasteiger partial charge in [0, 0.05) is 37.4 Å². The molecule has 1 heterocycles. The predicted octanol–water partition coefficient (Wildman–Crippen LogP) is 3.11. The second-order valence-electron chi connectivity index (χ2n) is 7.44. The average molecular weight is 460 g/mol. The maximum atomic E-state index is 12.7. The van der Waals surface area contributed by atoms with Gasteiger partial charge in [0.2, 0.25) is 21.8 Å². The van der Waals surface area contributed by atoms with Crippen LogP contribution in [0.1, 0.15) is 27.2 Å². The molecule has 1 aliphatic rings. The highest BCUT2D eigenvalue weighted by Crippen LogP contribution is 2.28. The number of anilines is 2. The van der Waals surface area contributed by atoms with Gasteiger partial charge in [-0.15, -0.1) is 0 Å². The van der Waals surface area contributed by atoms with Crippen molar-refractivity contribution in [3.63, 3.8) is 0 Å². The number of nitrogens with one attached hydrogen (secondary N) is 1. The quantitative estimate of drug-likeness (QED) is 0.622. The number of sulfonamides is 1. The van der Waals surface area contributed by atoms with Crippen molar-refractivity contribution in [2.75, 3.05) is 36.5 Å². The second kappa shape index (κ2) is 10.1. The van der Waals surface area contributed by atoms with E-state index >= 15 is 0 Å². The number of carbonyl (C=O) groups is 2. The van der Waals surface area contributed by atoms with Crippen LogP contribution in [0.5, 0.6) is 5.75 Å². The molecule has 1 saturated heterocycles. The van der Waals surface area contributed by atoms with Crippen LogP contribution in [0.25, 0.3) is 0 Å². The number of nitrogens with zero attached hydrogens (tertiary/aromatic N) is 2. The lowest BCUT2D eigenvalue weighted by molar-refractivity contribution is -0.122. The van der Waals surface area contributed by atoms with Gasteiger partial charge in [0.05, 0.1) is 17.4 Å². The van der Waals surface area contributed by atoms with E-state index in [1.165, 1.54) is 16.4 Å². The molecule has 1 atom stereocenters. The summed E-state index contributed by atoms with van der Waals surface area (Å²) in [4.78, 5) is 27.0. The summed E-state index contributed by atoms with van der Waals surface area (Å²) in [6.45, 7) is 7.10. The molecule has 0 bridgehead atoms. The second-order valence-corrected chi connectivity index (χ2v) is 9.37. The van der Waals surface area contributed by atoms with E-state index in [1.54, 1.807) is 55.1 Å². The summed E-state index contributed by atoms with van der Waals surface area (Å²) >= 11 is 0. The third kappa shape index (κ3) is 5.11. The zero-order chi connectivity index (χ0) is 23.3. The molecule has 0 aromatic heterocycles. The summed E-state index contributed by atoms with van der Waals surface area (Å²) in [6.07, 6.45) is 0.119. The van der Waals surface area contributed by atoms with E-state index in [1.807, 2.05) is 6.92 Å². The zero-order valence-electron chi connectivity index (χ0n) is 18.6. The van der Waals surface area contributed by atoms with Crippen molar-refractivity contribution in [3.8, 4) is 5.75 Å². The minimum atomic E-state index is -3.55. The van der Waals surface area contributed by atoms with Crippen molar-refractivity contribution in [2.45, 2.75) is 32.1 Å². The number of benzene rings is 2. The van der Waals surface area contributed by atoms with Crippen molar-refractivity contribution in [3.05, 3.63) is 48.5 Å². The Balaban J connectivity index is 1.64. The molecule has 1 N–H and O–H groups in total. The summed E-state index contributed by atoms with van der Waals surface area (Å²) in [5.41, 5.74) is 1.21. The van der Waals surface area contributed by atoms with E-state index in [-0.39, 0.29) is 29.7 Å². The number of ether oxygens (including phenoxy) is 1. The third-order valence-electron chi connectivity index (χ3n) is 5.42. The molecule has 0 radical (unpaired) electrons. The van der Waals surface area contributed by atoms with Gasteiger partial charge in [0.1, 0.15) is 5.75 Å². The van der Waals surface area contributed by atoms with E-state index in [0.717, 1.165) is 11.4 Å². The van der Waals surface area contributed by atoms with Gasteiger partial charge < -0.3 is 15.0 Å². The van der Waals surface area contributed by atoms with Crippen LogP contribution >= 0.6 is 0 Å². The standard InChI is InChI=1S/C23H29N3O5S/c1-4-25(5-2)32(29,30)21-13-7-18(8-14-21)24-23(28)17-15-22(27)26(16-17)19-9-11-20(12-10-19)31-6-3/h7-14,17H,4-6,15-16H2,1-3H3,(H,24,28)/t17-/m1/s1. The van der Waals surface area contributed by atoms with Crippen molar-refractivity contribution >= 4 is 33.2 Å². The molecule has 0 saturated carbocycles. The fourth-order valence-corrected chi connectivity index (χ4v) is 5.15. The number of amides is 2.